The number of esters is 1. The van der Waals surface area contributed by atoms with E-state index in [-0.39, 0.29) is 17.7 Å². The molecule has 1 rings (SSSR count). The Morgan fingerprint density at radius 3 is 2.26 bits per heavy atom. The molecule has 5 nitrogen and oxygen atoms in total. The Bertz CT molecular complexity index is 629. The largest absolute Gasteiger partial charge is 0.469 e. The maximum Gasteiger partial charge on any atom is 0.407 e. The summed E-state index contributed by atoms with van der Waals surface area (Å²) in [4.78, 5) is 23.7. The van der Waals surface area contributed by atoms with E-state index in [1.165, 1.54) is 7.11 Å². The maximum atomic E-state index is 13.8. The highest BCUT2D eigenvalue weighted by molar-refractivity contribution is 5.72. The highest BCUT2D eigenvalue weighted by atomic mass is 19.1. The van der Waals surface area contributed by atoms with E-state index in [2.05, 4.69) is 5.32 Å². The van der Waals surface area contributed by atoms with Crippen LogP contribution in [-0.4, -0.2) is 31.3 Å². The molecule has 1 aromatic rings. The normalized spacial score (nSPS) is 12.4. The van der Waals surface area contributed by atoms with E-state index in [4.69, 9.17) is 9.47 Å². The third-order valence-electron chi connectivity index (χ3n) is 4.16. The van der Waals surface area contributed by atoms with Crippen molar-refractivity contribution in [2.24, 2.45) is 5.92 Å². The average molecular weight is 381 g/mol. The summed E-state index contributed by atoms with van der Waals surface area (Å²) in [5, 5.41) is 2.71. The van der Waals surface area contributed by atoms with Gasteiger partial charge in [-0.1, -0.05) is 18.6 Å². The van der Waals surface area contributed by atoms with Gasteiger partial charge in [-0.3, -0.25) is 4.79 Å². The molecular formula is C21H32FNO4. The lowest BCUT2D eigenvalue weighted by molar-refractivity contribution is -0.145. The fraction of sp³-hybridized carbons (Fsp3) is 0.619. The van der Waals surface area contributed by atoms with E-state index >= 15 is 0 Å². The number of alkyl carbamates (subject to hydrolysis) is 1. The zero-order valence-electron chi connectivity index (χ0n) is 17.3. The van der Waals surface area contributed by atoms with Crippen LogP contribution in [0.4, 0.5) is 9.18 Å². The standard InChI is InChI=1S/C21H32FNO4/c1-14-11-16(12-15(2)18(14)22)13-17(19(24)26-6)9-7-8-10-23-20(25)27-21(3,4)5/h11-12,17H,7-10,13H2,1-6H3,(H,23,25)/t17-/m0/s1. The lowest BCUT2D eigenvalue weighted by Gasteiger charge is -2.19. The minimum Gasteiger partial charge on any atom is -0.469 e. The second kappa shape index (κ2) is 10.3. The van der Waals surface area contributed by atoms with E-state index in [1.54, 1.807) is 26.0 Å². The topological polar surface area (TPSA) is 64.6 Å². The highest BCUT2D eigenvalue weighted by Crippen LogP contribution is 2.21. The van der Waals surface area contributed by atoms with Crippen LogP contribution in [0, 0.1) is 25.6 Å². The molecule has 0 aromatic heterocycles. The summed E-state index contributed by atoms with van der Waals surface area (Å²) in [7, 11) is 1.38. The monoisotopic (exact) mass is 381 g/mol. The number of rotatable bonds is 8. The summed E-state index contributed by atoms with van der Waals surface area (Å²) < 4.78 is 23.9. The Balaban J connectivity index is 2.52. The molecule has 0 aliphatic rings. The summed E-state index contributed by atoms with van der Waals surface area (Å²) in [6.07, 6.45) is 2.19. The molecule has 27 heavy (non-hydrogen) atoms. The lowest BCUT2D eigenvalue weighted by atomic mass is 9.92. The third-order valence-corrected chi connectivity index (χ3v) is 4.16. The number of nitrogens with one attached hydrogen (secondary N) is 1. The average Bonchev–Trinajstić information content (AvgIpc) is 2.55. The highest BCUT2D eigenvalue weighted by Gasteiger charge is 2.20. The minimum atomic E-state index is -0.522. The van der Waals surface area contributed by atoms with Gasteiger partial charge in [0.05, 0.1) is 13.0 Å². The van der Waals surface area contributed by atoms with Crippen molar-refractivity contribution >= 4 is 12.1 Å². The van der Waals surface area contributed by atoms with Crippen LogP contribution in [0.3, 0.4) is 0 Å². The number of methoxy groups -OCH3 is 1. The van der Waals surface area contributed by atoms with Crippen LogP contribution in [0.15, 0.2) is 12.1 Å². The van der Waals surface area contributed by atoms with Crippen molar-refractivity contribution in [3.8, 4) is 0 Å². The van der Waals surface area contributed by atoms with Gasteiger partial charge in [0.2, 0.25) is 0 Å². The Morgan fingerprint density at radius 2 is 1.74 bits per heavy atom. The number of benzene rings is 1. The smallest absolute Gasteiger partial charge is 0.407 e. The molecule has 0 spiro atoms. The second-order valence-electron chi connectivity index (χ2n) is 7.89. The summed E-state index contributed by atoms with van der Waals surface area (Å²) in [6.45, 7) is 9.37. The first-order valence-electron chi connectivity index (χ1n) is 9.33. The first-order chi connectivity index (χ1) is 12.5. The van der Waals surface area contributed by atoms with Crippen molar-refractivity contribution in [2.45, 2.75) is 65.9 Å². The van der Waals surface area contributed by atoms with Crippen molar-refractivity contribution in [1.82, 2.24) is 5.32 Å². The minimum absolute atomic E-state index is 0.207. The van der Waals surface area contributed by atoms with Gasteiger partial charge in [-0.05, 0) is 70.6 Å². The number of hydrogen-bond acceptors (Lipinski definition) is 4. The molecule has 0 radical (unpaired) electrons. The zero-order valence-corrected chi connectivity index (χ0v) is 17.3. The van der Waals surface area contributed by atoms with Gasteiger partial charge in [-0.2, -0.15) is 0 Å². The lowest BCUT2D eigenvalue weighted by Crippen LogP contribution is -2.33. The fourth-order valence-corrected chi connectivity index (χ4v) is 2.93. The molecule has 1 amide bonds. The van der Waals surface area contributed by atoms with Crippen molar-refractivity contribution < 1.29 is 23.5 Å². The van der Waals surface area contributed by atoms with Crippen molar-refractivity contribution in [2.75, 3.05) is 13.7 Å². The molecule has 152 valence electrons. The second-order valence-corrected chi connectivity index (χ2v) is 7.89. The van der Waals surface area contributed by atoms with Gasteiger partial charge in [-0.15, -0.1) is 0 Å². The summed E-state index contributed by atoms with van der Waals surface area (Å²) in [6, 6.07) is 3.56. The van der Waals surface area contributed by atoms with Gasteiger partial charge in [-0.25, -0.2) is 9.18 Å². The quantitative estimate of drug-likeness (QED) is 0.533. The Labute approximate surface area is 161 Å². The SMILES string of the molecule is COC(=O)[C@@H](CCCCNC(=O)OC(C)(C)C)Cc1cc(C)c(F)c(C)c1. The van der Waals surface area contributed by atoms with Crippen LogP contribution in [0.2, 0.25) is 0 Å². The Morgan fingerprint density at radius 1 is 1.15 bits per heavy atom. The summed E-state index contributed by atoms with van der Waals surface area (Å²) in [5.41, 5.74) is 1.56. The van der Waals surface area contributed by atoms with Crippen LogP contribution < -0.4 is 5.32 Å². The first-order valence-corrected chi connectivity index (χ1v) is 9.33. The number of unbranched alkanes of at least 4 members (excludes halogenated alkanes) is 1. The van der Waals surface area contributed by atoms with Crippen LogP contribution in [0.5, 0.6) is 0 Å². The third kappa shape index (κ3) is 8.41. The van der Waals surface area contributed by atoms with E-state index in [9.17, 15) is 14.0 Å². The number of halogens is 1. The Hall–Kier alpha value is -2.11. The van der Waals surface area contributed by atoms with Crippen LogP contribution >= 0.6 is 0 Å². The molecular weight excluding hydrogens is 349 g/mol. The molecule has 1 aromatic carbocycles. The number of hydrogen-bond donors (Lipinski definition) is 1. The molecule has 6 heteroatoms. The maximum absolute atomic E-state index is 13.8. The molecule has 0 aliphatic carbocycles. The molecule has 1 N–H and O–H groups in total. The molecule has 0 bridgehead atoms. The first kappa shape index (κ1) is 22.9. The number of carbonyl (C=O) groups excluding carboxylic acids is 2. The van der Waals surface area contributed by atoms with Crippen molar-refractivity contribution in [3.05, 3.63) is 34.6 Å². The predicted molar refractivity (Wildman–Crippen MR) is 103 cm³/mol. The van der Waals surface area contributed by atoms with Gasteiger partial charge >= 0.3 is 12.1 Å². The van der Waals surface area contributed by atoms with Crippen LogP contribution in [0.25, 0.3) is 0 Å². The molecule has 0 unspecified atom stereocenters. The number of carbonyl (C=O) groups is 2. The van der Waals surface area contributed by atoms with Gasteiger partial charge in [0, 0.05) is 6.54 Å². The van der Waals surface area contributed by atoms with Crippen LogP contribution in [0.1, 0.15) is 56.7 Å². The van der Waals surface area contributed by atoms with Crippen molar-refractivity contribution in [1.29, 1.82) is 0 Å². The molecule has 0 saturated carbocycles. The summed E-state index contributed by atoms with van der Waals surface area (Å²) in [5.74, 6) is -0.767. The van der Waals surface area contributed by atoms with Gasteiger partial charge < -0.3 is 14.8 Å². The van der Waals surface area contributed by atoms with E-state index in [1.807, 2.05) is 20.8 Å². The van der Waals surface area contributed by atoms with Gasteiger partial charge in [0.15, 0.2) is 0 Å². The molecule has 0 saturated heterocycles. The predicted octanol–water partition coefficient (Wildman–Crippen LogP) is 4.47. The summed E-state index contributed by atoms with van der Waals surface area (Å²) >= 11 is 0. The van der Waals surface area contributed by atoms with E-state index < -0.39 is 11.7 Å². The molecule has 1 atom stereocenters. The number of ether oxygens (including phenoxy) is 2. The molecule has 0 fully saturated rings. The van der Waals surface area contributed by atoms with Gasteiger partial charge in [0.1, 0.15) is 11.4 Å². The molecule has 0 heterocycles. The van der Waals surface area contributed by atoms with Crippen molar-refractivity contribution in [3.63, 3.8) is 0 Å². The van der Waals surface area contributed by atoms with Gasteiger partial charge in [0.25, 0.3) is 0 Å². The Kier molecular flexibility index (Phi) is 8.73. The molecule has 0 aliphatic heterocycles. The number of aryl methyl sites for hydroxylation is 2. The van der Waals surface area contributed by atoms with E-state index in [0.29, 0.717) is 30.5 Å². The van der Waals surface area contributed by atoms with E-state index in [0.717, 1.165) is 18.4 Å². The number of amides is 1. The van der Waals surface area contributed by atoms with Crippen LogP contribution in [-0.2, 0) is 20.7 Å². The zero-order chi connectivity index (χ0) is 20.6. The fourth-order valence-electron chi connectivity index (χ4n) is 2.93.